The molecular weight excluding hydrogens is 310 g/mol. The molecule has 0 aromatic heterocycles. The fourth-order valence-electron chi connectivity index (χ4n) is 2.71. The molecule has 1 saturated carbocycles. The van der Waals surface area contributed by atoms with Gasteiger partial charge in [-0.2, -0.15) is 39.5 Å². The van der Waals surface area contributed by atoms with Crippen LogP contribution in [0.4, 0.5) is 44.2 Å². The Labute approximate surface area is 107 Å². The maximum Gasteiger partial charge on any atom is 0.412 e. The first-order valence-electron chi connectivity index (χ1n) is 5.56. The molecule has 0 heterocycles. The summed E-state index contributed by atoms with van der Waals surface area (Å²) in [4.78, 5) is 0. The highest BCUT2D eigenvalue weighted by molar-refractivity contribution is 5.04. The van der Waals surface area contributed by atoms with Gasteiger partial charge in [0.1, 0.15) is 0 Å². The molecule has 0 atom stereocenters. The van der Waals surface area contributed by atoms with E-state index in [9.17, 15) is 39.5 Å². The molecule has 0 bridgehead atoms. The predicted octanol–water partition coefficient (Wildman–Crippen LogP) is 5.39. The van der Waals surface area contributed by atoms with Gasteiger partial charge in [-0.1, -0.05) is 19.3 Å². The molecule has 0 saturated heterocycles. The van der Waals surface area contributed by atoms with E-state index in [1.165, 1.54) is 0 Å². The van der Waals surface area contributed by atoms with E-state index in [0.29, 0.717) is 6.42 Å². The number of hydrogen-bond acceptors (Lipinski definition) is 0. The lowest BCUT2D eigenvalue weighted by molar-refractivity contribution is -0.444. The van der Waals surface area contributed by atoms with E-state index < -0.39 is 42.7 Å². The van der Waals surface area contributed by atoms with Gasteiger partial charge in [-0.05, 0) is 18.8 Å². The Bertz CT molecular complexity index is 267. The molecule has 0 amide bonds. The zero-order valence-electron chi connectivity index (χ0n) is 9.92. The van der Waals surface area contributed by atoms with Gasteiger partial charge in [0, 0.05) is 0 Å². The molecular formula is C10H12F10. The molecule has 10 heteroatoms. The third-order valence-corrected chi connectivity index (χ3v) is 3.56. The lowest BCUT2D eigenvalue weighted by Gasteiger charge is -2.45. The van der Waals surface area contributed by atoms with Crippen molar-refractivity contribution in [1.82, 2.24) is 0 Å². The Morgan fingerprint density at radius 1 is 0.550 bits per heavy atom. The van der Waals surface area contributed by atoms with E-state index in [0.717, 1.165) is 0 Å². The Hall–Kier alpha value is -0.700. The Balaban J connectivity index is 0.00000361. The number of rotatable bonds is 1. The highest BCUT2D eigenvalue weighted by Crippen LogP contribution is 2.65. The molecule has 0 spiro atoms. The van der Waals surface area contributed by atoms with Crippen molar-refractivity contribution in [1.29, 1.82) is 0 Å². The minimum Gasteiger partial charge on any atom is -0.269 e. The minimum atomic E-state index is -6.41. The van der Waals surface area contributed by atoms with E-state index >= 15 is 0 Å². The van der Waals surface area contributed by atoms with Gasteiger partial charge in [-0.25, -0.2) is 0 Å². The van der Waals surface area contributed by atoms with Crippen molar-refractivity contribution in [3.8, 4) is 0 Å². The summed E-state index contributed by atoms with van der Waals surface area (Å²) in [6.45, 7) is 0. The SMILES string of the molecule is F.FC(F)(F)C(C1CCCCC1)(C(F)(F)F)C(F)(F)F. The summed E-state index contributed by atoms with van der Waals surface area (Å²) >= 11 is 0. The van der Waals surface area contributed by atoms with Gasteiger partial charge in [0.15, 0.2) is 0 Å². The molecule has 0 aromatic rings. The zero-order valence-corrected chi connectivity index (χ0v) is 9.92. The van der Waals surface area contributed by atoms with Crippen LogP contribution in [0.15, 0.2) is 0 Å². The van der Waals surface area contributed by atoms with Crippen LogP contribution in [-0.2, 0) is 0 Å². The molecule has 1 aliphatic rings. The maximum absolute atomic E-state index is 12.7. The van der Waals surface area contributed by atoms with Gasteiger partial charge in [0.25, 0.3) is 5.41 Å². The van der Waals surface area contributed by atoms with Crippen LogP contribution >= 0.6 is 0 Å². The van der Waals surface area contributed by atoms with E-state index in [4.69, 9.17) is 0 Å². The van der Waals surface area contributed by atoms with Gasteiger partial charge in [-0.15, -0.1) is 0 Å². The average molecular weight is 322 g/mol. The normalized spacial score (nSPS) is 19.6. The quantitative estimate of drug-likeness (QED) is 0.568. The van der Waals surface area contributed by atoms with Gasteiger partial charge < -0.3 is 0 Å². The largest absolute Gasteiger partial charge is 0.412 e. The van der Waals surface area contributed by atoms with E-state index in [1.54, 1.807) is 0 Å². The van der Waals surface area contributed by atoms with Crippen LogP contribution in [0.5, 0.6) is 0 Å². The van der Waals surface area contributed by atoms with Crippen molar-refractivity contribution in [2.75, 3.05) is 0 Å². The highest BCUT2D eigenvalue weighted by atomic mass is 19.4. The summed E-state index contributed by atoms with van der Waals surface area (Å²) in [6, 6.07) is 0. The molecule has 0 N–H and O–H groups in total. The first-order chi connectivity index (χ1) is 8.36. The standard InChI is InChI=1S/C10H11F9.FH/c11-8(12,13)7(9(14,15)16,10(17,18)19)6-4-2-1-3-5-6;/h6H,1-5H2;1H. The van der Waals surface area contributed by atoms with Crippen LogP contribution in [-0.4, -0.2) is 18.5 Å². The Morgan fingerprint density at radius 3 is 1.10 bits per heavy atom. The summed E-state index contributed by atoms with van der Waals surface area (Å²) in [6.07, 6.45) is -20.5. The smallest absolute Gasteiger partial charge is 0.269 e. The van der Waals surface area contributed by atoms with Crippen molar-refractivity contribution in [3.63, 3.8) is 0 Å². The van der Waals surface area contributed by atoms with Crippen molar-refractivity contribution in [2.24, 2.45) is 11.3 Å². The van der Waals surface area contributed by atoms with Crippen molar-refractivity contribution < 1.29 is 44.2 Å². The molecule has 0 aliphatic heterocycles. The molecule has 122 valence electrons. The maximum atomic E-state index is 12.7. The van der Waals surface area contributed by atoms with Crippen LogP contribution in [0, 0.1) is 11.3 Å². The van der Waals surface area contributed by atoms with E-state index in [2.05, 4.69) is 0 Å². The summed E-state index contributed by atoms with van der Waals surface area (Å²) in [5.41, 5.74) is -5.62. The lowest BCUT2D eigenvalue weighted by atomic mass is 9.67. The minimum absolute atomic E-state index is 0. The summed E-state index contributed by atoms with van der Waals surface area (Å²) in [7, 11) is 0. The first-order valence-corrected chi connectivity index (χ1v) is 5.56. The van der Waals surface area contributed by atoms with Crippen LogP contribution in [0.3, 0.4) is 0 Å². The predicted molar refractivity (Wildman–Crippen MR) is 49.7 cm³/mol. The van der Waals surface area contributed by atoms with E-state index in [1.807, 2.05) is 0 Å². The Kier molecular flexibility index (Phi) is 5.39. The number of alkyl halides is 9. The molecule has 1 fully saturated rings. The molecule has 1 rings (SSSR count). The highest BCUT2D eigenvalue weighted by Gasteiger charge is 2.85. The third-order valence-electron chi connectivity index (χ3n) is 3.56. The molecule has 0 aromatic carbocycles. The van der Waals surface area contributed by atoms with Gasteiger partial charge in [0.2, 0.25) is 0 Å². The van der Waals surface area contributed by atoms with Gasteiger partial charge in [0.05, 0.1) is 0 Å². The molecule has 0 nitrogen and oxygen atoms in total. The molecule has 20 heavy (non-hydrogen) atoms. The summed E-state index contributed by atoms with van der Waals surface area (Å²) < 4.78 is 114. The van der Waals surface area contributed by atoms with Crippen molar-refractivity contribution in [3.05, 3.63) is 0 Å². The first kappa shape index (κ1) is 19.3. The second-order valence-corrected chi connectivity index (χ2v) is 4.64. The lowest BCUT2D eigenvalue weighted by Crippen LogP contribution is -2.63. The Morgan fingerprint density at radius 2 is 0.850 bits per heavy atom. The summed E-state index contributed by atoms with van der Waals surface area (Å²) in [5.74, 6) is -2.50. The van der Waals surface area contributed by atoms with Crippen molar-refractivity contribution in [2.45, 2.75) is 50.6 Å². The van der Waals surface area contributed by atoms with Gasteiger partial charge >= 0.3 is 18.5 Å². The van der Waals surface area contributed by atoms with Crippen LogP contribution in [0.1, 0.15) is 32.1 Å². The van der Waals surface area contributed by atoms with Crippen LogP contribution in [0.2, 0.25) is 0 Å². The molecule has 0 unspecified atom stereocenters. The fraction of sp³-hybridized carbons (Fsp3) is 1.00. The topological polar surface area (TPSA) is 0 Å². The monoisotopic (exact) mass is 322 g/mol. The van der Waals surface area contributed by atoms with Gasteiger partial charge in [-0.3, -0.25) is 4.70 Å². The second kappa shape index (κ2) is 5.59. The van der Waals surface area contributed by atoms with E-state index in [-0.39, 0.29) is 17.5 Å². The number of hydrogen-bond donors (Lipinski definition) is 0. The second-order valence-electron chi connectivity index (χ2n) is 4.64. The zero-order chi connectivity index (χ0) is 15.1. The molecule has 0 radical (unpaired) electrons. The summed E-state index contributed by atoms with van der Waals surface area (Å²) in [5, 5.41) is 0. The van der Waals surface area contributed by atoms with Crippen LogP contribution < -0.4 is 0 Å². The molecule has 1 aliphatic carbocycles. The average Bonchev–Trinajstić information content (AvgIpc) is 2.12. The van der Waals surface area contributed by atoms with Crippen LogP contribution in [0.25, 0.3) is 0 Å². The number of halogens is 10. The fourth-order valence-corrected chi connectivity index (χ4v) is 2.71. The third kappa shape index (κ3) is 2.83. The van der Waals surface area contributed by atoms with Crippen molar-refractivity contribution >= 4 is 0 Å².